The number of benzene rings is 1. The van der Waals surface area contributed by atoms with E-state index in [0.717, 1.165) is 12.1 Å². The standard InChI is InChI=1S/C11H6F3NO2/c12-11(13,14)9-3-1-7(2-4-10(15)17)8(5-9)6-16/h1,3,5-6H,(H2,15,17). The van der Waals surface area contributed by atoms with Crippen LogP contribution in [0, 0.1) is 11.8 Å². The van der Waals surface area contributed by atoms with E-state index in [1.807, 2.05) is 5.92 Å². The molecule has 0 aliphatic carbocycles. The van der Waals surface area contributed by atoms with Gasteiger partial charge in [0, 0.05) is 17.0 Å². The number of hydrogen-bond donors (Lipinski definition) is 1. The Morgan fingerprint density at radius 3 is 2.47 bits per heavy atom. The Morgan fingerprint density at radius 1 is 1.35 bits per heavy atom. The second-order valence-electron chi connectivity index (χ2n) is 3.03. The maximum absolute atomic E-state index is 12.3. The number of amides is 1. The van der Waals surface area contributed by atoms with Gasteiger partial charge >= 0.3 is 6.18 Å². The normalized spacial score (nSPS) is 10.3. The van der Waals surface area contributed by atoms with E-state index >= 15 is 0 Å². The van der Waals surface area contributed by atoms with E-state index in [1.165, 1.54) is 0 Å². The van der Waals surface area contributed by atoms with E-state index in [0.29, 0.717) is 6.07 Å². The van der Waals surface area contributed by atoms with Crippen LogP contribution in [0.1, 0.15) is 21.5 Å². The van der Waals surface area contributed by atoms with Gasteiger partial charge in [-0.3, -0.25) is 9.59 Å². The Balaban J connectivity index is 3.25. The van der Waals surface area contributed by atoms with Crippen molar-refractivity contribution in [3.8, 4) is 11.8 Å². The number of rotatable bonds is 1. The first-order valence-electron chi connectivity index (χ1n) is 4.32. The molecule has 1 aromatic rings. The maximum Gasteiger partial charge on any atom is 0.416 e. The summed E-state index contributed by atoms with van der Waals surface area (Å²) >= 11 is 0. The second kappa shape index (κ2) is 4.70. The third-order valence-corrected chi connectivity index (χ3v) is 1.83. The van der Waals surface area contributed by atoms with Gasteiger partial charge in [0.1, 0.15) is 0 Å². The van der Waals surface area contributed by atoms with Crippen LogP contribution in [0.5, 0.6) is 0 Å². The van der Waals surface area contributed by atoms with E-state index in [1.54, 1.807) is 0 Å². The van der Waals surface area contributed by atoms with E-state index < -0.39 is 17.6 Å². The molecule has 0 unspecified atom stereocenters. The second-order valence-corrected chi connectivity index (χ2v) is 3.03. The molecule has 0 saturated carbocycles. The van der Waals surface area contributed by atoms with Crippen molar-refractivity contribution < 1.29 is 22.8 Å². The minimum atomic E-state index is -4.53. The van der Waals surface area contributed by atoms with Crippen molar-refractivity contribution in [1.82, 2.24) is 0 Å². The smallest absolute Gasteiger partial charge is 0.359 e. The highest BCUT2D eigenvalue weighted by molar-refractivity contribution is 5.93. The number of hydrogen-bond acceptors (Lipinski definition) is 2. The molecule has 0 aliphatic heterocycles. The molecule has 0 radical (unpaired) electrons. The quantitative estimate of drug-likeness (QED) is 0.596. The van der Waals surface area contributed by atoms with Crippen LogP contribution < -0.4 is 5.73 Å². The van der Waals surface area contributed by atoms with E-state index in [4.69, 9.17) is 5.73 Å². The van der Waals surface area contributed by atoms with Crippen molar-refractivity contribution in [3.05, 3.63) is 34.9 Å². The molecule has 0 aromatic heterocycles. The van der Waals surface area contributed by atoms with Gasteiger partial charge in [0.15, 0.2) is 6.29 Å². The monoisotopic (exact) mass is 241 g/mol. The summed E-state index contributed by atoms with van der Waals surface area (Å²) in [5.74, 6) is 3.23. The fraction of sp³-hybridized carbons (Fsp3) is 0.0909. The topological polar surface area (TPSA) is 60.2 Å². The number of primary amides is 1. The largest absolute Gasteiger partial charge is 0.416 e. The van der Waals surface area contributed by atoms with Crippen LogP contribution in [0.4, 0.5) is 13.2 Å². The van der Waals surface area contributed by atoms with Crippen molar-refractivity contribution in [1.29, 1.82) is 0 Å². The van der Waals surface area contributed by atoms with Crippen molar-refractivity contribution >= 4 is 12.2 Å². The minimum Gasteiger partial charge on any atom is -0.359 e. The zero-order valence-corrected chi connectivity index (χ0v) is 8.34. The molecule has 0 spiro atoms. The molecule has 0 fully saturated rings. The van der Waals surface area contributed by atoms with E-state index in [-0.39, 0.29) is 17.4 Å². The zero-order chi connectivity index (χ0) is 13.1. The summed E-state index contributed by atoms with van der Waals surface area (Å²) in [7, 11) is 0. The van der Waals surface area contributed by atoms with Gasteiger partial charge in [-0.1, -0.05) is 5.92 Å². The van der Waals surface area contributed by atoms with Gasteiger partial charge in [-0.25, -0.2) is 0 Å². The predicted molar refractivity (Wildman–Crippen MR) is 52.9 cm³/mol. The average Bonchev–Trinajstić information content (AvgIpc) is 2.24. The highest BCUT2D eigenvalue weighted by atomic mass is 19.4. The van der Waals surface area contributed by atoms with Gasteiger partial charge in [0.05, 0.1) is 5.56 Å². The fourth-order valence-corrected chi connectivity index (χ4v) is 1.08. The lowest BCUT2D eigenvalue weighted by molar-refractivity contribution is -0.137. The summed E-state index contributed by atoms with van der Waals surface area (Å²) < 4.78 is 37.0. The Hall–Kier alpha value is -2.29. The SMILES string of the molecule is NC(=O)C#Cc1ccc(C(F)(F)F)cc1C=O. The molecule has 1 amide bonds. The molecule has 17 heavy (non-hydrogen) atoms. The molecule has 1 aromatic carbocycles. The fourth-order valence-electron chi connectivity index (χ4n) is 1.08. The molecule has 88 valence electrons. The first-order valence-corrected chi connectivity index (χ1v) is 4.32. The number of aldehydes is 1. The van der Waals surface area contributed by atoms with Crippen LogP contribution >= 0.6 is 0 Å². The Morgan fingerprint density at radius 2 is 2.00 bits per heavy atom. The lowest BCUT2D eigenvalue weighted by atomic mass is 10.0. The lowest BCUT2D eigenvalue weighted by Gasteiger charge is -2.07. The third-order valence-electron chi connectivity index (χ3n) is 1.83. The number of nitrogens with two attached hydrogens (primary N) is 1. The maximum atomic E-state index is 12.3. The highest BCUT2D eigenvalue weighted by Crippen LogP contribution is 2.30. The van der Waals surface area contributed by atoms with Gasteiger partial charge < -0.3 is 5.73 Å². The molecular weight excluding hydrogens is 235 g/mol. The Kier molecular flexibility index (Phi) is 3.53. The summed E-state index contributed by atoms with van der Waals surface area (Å²) in [5, 5.41) is 0. The molecule has 0 bridgehead atoms. The van der Waals surface area contributed by atoms with E-state index in [2.05, 4.69) is 5.92 Å². The van der Waals surface area contributed by atoms with Crippen LogP contribution in [0.25, 0.3) is 0 Å². The molecular formula is C11H6F3NO2. The first-order chi connectivity index (χ1) is 7.84. The first kappa shape index (κ1) is 12.8. The van der Waals surface area contributed by atoms with Gasteiger partial charge in [-0.05, 0) is 18.2 Å². The lowest BCUT2D eigenvalue weighted by Crippen LogP contribution is -2.07. The summed E-state index contributed by atoms with van der Waals surface area (Å²) in [4.78, 5) is 21.0. The zero-order valence-electron chi connectivity index (χ0n) is 8.34. The Bertz CT molecular complexity index is 524. The van der Waals surface area contributed by atoms with Gasteiger partial charge in [-0.15, -0.1) is 0 Å². The van der Waals surface area contributed by atoms with Crippen LogP contribution in [-0.4, -0.2) is 12.2 Å². The molecule has 0 heterocycles. The van der Waals surface area contributed by atoms with Crippen LogP contribution in [0.2, 0.25) is 0 Å². The highest BCUT2D eigenvalue weighted by Gasteiger charge is 2.30. The van der Waals surface area contributed by atoms with Crippen molar-refractivity contribution in [2.45, 2.75) is 6.18 Å². The van der Waals surface area contributed by atoms with Crippen molar-refractivity contribution in [2.24, 2.45) is 5.73 Å². The van der Waals surface area contributed by atoms with Crippen molar-refractivity contribution in [2.75, 3.05) is 0 Å². The van der Waals surface area contributed by atoms with Gasteiger partial charge in [0.25, 0.3) is 5.91 Å². The third kappa shape index (κ3) is 3.34. The average molecular weight is 241 g/mol. The van der Waals surface area contributed by atoms with Gasteiger partial charge in [-0.2, -0.15) is 13.2 Å². The van der Waals surface area contributed by atoms with Crippen molar-refractivity contribution in [3.63, 3.8) is 0 Å². The number of alkyl halides is 3. The summed E-state index contributed by atoms with van der Waals surface area (Å²) in [6.07, 6.45) is -4.30. The number of carbonyl (C=O) groups is 2. The van der Waals surface area contributed by atoms with Crippen LogP contribution in [0.3, 0.4) is 0 Å². The molecule has 0 aliphatic rings. The number of halogens is 3. The van der Waals surface area contributed by atoms with Gasteiger partial charge in [0.2, 0.25) is 0 Å². The molecule has 6 heteroatoms. The minimum absolute atomic E-state index is 0.0202. The summed E-state index contributed by atoms with van der Waals surface area (Å²) in [5.41, 5.74) is 3.57. The molecule has 1 rings (SSSR count). The van der Waals surface area contributed by atoms with Crippen LogP contribution in [-0.2, 0) is 11.0 Å². The number of carbonyl (C=O) groups excluding carboxylic acids is 2. The summed E-state index contributed by atoms with van der Waals surface area (Å²) in [6, 6.07) is 2.46. The van der Waals surface area contributed by atoms with E-state index in [9.17, 15) is 22.8 Å². The molecule has 3 nitrogen and oxygen atoms in total. The molecule has 0 saturated heterocycles. The van der Waals surface area contributed by atoms with Crippen LogP contribution in [0.15, 0.2) is 18.2 Å². The Labute approximate surface area is 94.4 Å². The molecule has 0 atom stereocenters. The summed E-state index contributed by atoms with van der Waals surface area (Å²) in [6.45, 7) is 0. The molecule has 2 N–H and O–H groups in total. The predicted octanol–water partition coefficient (Wildman–Crippen LogP) is 1.35.